The molecule has 170 valence electrons. The van der Waals surface area contributed by atoms with E-state index in [0.717, 1.165) is 44.6 Å². The zero-order valence-corrected chi connectivity index (χ0v) is 18.5. The molecule has 0 radical (unpaired) electrons. The van der Waals surface area contributed by atoms with E-state index in [9.17, 15) is 18.0 Å². The number of anilines is 1. The van der Waals surface area contributed by atoms with E-state index in [1.54, 1.807) is 0 Å². The predicted octanol–water partition coefficient (Wildman–Crippen LogP) is 5.01. The summed E-state index contributed by atoms with van der Waals surface area (Å²) in [5.74, 6) is -0.0523. The SMILES string of the molecule is Cc1nn(CC2CCN(C)CC2)c2ncc(C(=O)Nc3ccc(C(F)(F)F)cc3)c(Cl)c12. The monoisotopic (exact) mass is 465 g/mol. The van der Waals surface area contributed by atoms with Crippen molar-refractivity contribution in [1.29, 1.82) is 0 Å². The van der Waals surface area contributed by atoms with Crippen LogP contribution in [-0.2, 0) is 12.7 Å². The lowest BCUT2D eigenvalue weighted by Gasteiger charge is -2.28. The molecule has 1 saturated heterocycles. The van der Waals surface area contributed by atoms with E-state index in [0.29, 0.717) is 22.6 Å². The second kappa shape index (κ2) is 8.71. The summed E-state index contributed by atoms with van der Waals surface area (Å²) in [6.45, 7) is 4.65. The number of carbonyl (C=O) groups is 1. The maximum Gasteiger partial charge on any atom is 0.416 e. The number of aromatic nitrogens is 3. The number of carbonyl (C=O) groups excluding carboxylic acids is 1. The molecule has 1 aliphatic rings. The molecule has 1 aliphatic heterocycles. The second-order valence-electron chi connectivity index (χ2n) is 8.23. The number of likely N-dealkylation sites (tertiary alicyclic amines) is 1. The molecule has 1 fully saturated rings. The zero-order valence-electron chi connectivity index (χ0n) is 17.7. The van der Waals surface area contributed by atoms with Crippen LogP contribution in [0.5, 0.6) is 0 Å². The Morgan fingerprint density at radius 2 is 1.88 bits per heavy atom. The smallest absolute Gasteiger partial charge is 0.322 e. The van der Waals surface area contributed by atoms with Gasteiger partial charge in [0.05, 0.1) is 27.2 Å². The summed E-state index contributed by atoms with van der Waals surface area (Å²) in [5, 5.41) is 8.01. The van der Waals surface area contributed by atoms with E-state index in [2.05, 4.69) is 27.3 Å². The summed E-state index contributed by atoms with van der Waals surface area (Å²) in [4.78, 5) is 19.5. The molecule has 1 N–H and O–H groups in total. The number of nitrogens with one attached hydrogen (secondary N) is 1. The van der Waals surface area contributed by atoms with Gasteiger partial charge in [-0.25, -0.2) is 9.67 Å². The Hall–Kier alpha value is -2.65. The van der Waals surface area contributed by atoms with Gasteiger partial charge in [0.1, 0.15) is 0 Å². The van der Waals surface area contributed by atoms with E-state index in [1.807, 2.05) is 11.6 Å². The average molecular weight is 466 g/mol. The van der Waals surface area contributed by atoms with Crippen LogP contribution in [0, 0.1) is 12.8 Å². The van der Waals surface area contributed by atoms with Crippen molar-refractivity contribution < 1.29 is 18.0 Å². The Labute approximate surface area is 188 Å². The van der Waals surface area contributed by atoms with E-state index in [4.69, 9.17) is 11.6 Å². The highest BCUT2D eigenvalue weighted by molar-refractivity contribution is 6.39. The van der Waals surface area contributed by atoms with Crippen LogP contribution in [0.2, 0.25) is 5.02 Å². The first-order chi connectivity index (χ1) is 15.1. The highest BCUT2D eigenvalue weighted by Crippen LogP contribution is 2.32. The van der Waals surface area contributed by atoms with Gasteiger partial charge in [0.25, 0.3) is 5.91 Å². The van der Waals surface area contributed by atoms with Crippen molar-refractivity contribution in [3.05, 3.63) is 52.3 Å². The Bertz CT molecular complexity index is 1140. The van der Waals surface area contributed by atoms with E-state index in [-0.39, 0.29) is 16.3 Å². The van der Waals surface area contributed by atoms with Gasteiger partial charge in [0, 0.05) is 18.4 Å². The molecule has 6 nitrogen and oxygen atoms in total. The number of halogens is 4. The minimum Gasteiger partial charge on any atom is -0.322 e. The summed E-state index contributed by atoms with van der Waals surface area (Å²) < 4.78 is 40.0. The summed E-state index contributed by atoms with van der Waals surface area (Å²) in [5.41, 5.74) is 0.881. The molecule has 4 rings (SSSR count). The van der Waals surface area contributed by atoms with Gasteiger partial charge in [0.2, 0.25) is 0 Å². The number of hydrogen-bond acceptors (Lipinski definition) is 4. The standard InChI is InChI=1S/C22H23ClF3N5O/c1-13-18-19(23)17(21(32)28-16-5-3-15(4-6-16)22(24,25)26)11-27-20(18)31(29-13)12-14-7-9-30(2)10-8-14/h3-6,11,14H,7-10,12H2,1-2H3,(H,28,32). The van der Waals surface area contributed by atoms with Gasteiger partial charge < -0.3 is 10.2 Å². The maximum absolute atomic E-state index is 12.7. The van der Waals surface area contributed by atoms with Crippen molar-refractivity contribution in [3.8, 4) is 0 Å². The number of pyridine rings is 1. The number of hydrogen-bond donors (Lipinski definition) is 1. The van der Waals surface area contributed by atoms with Crippen molar-refractivity contribution in [1.82, 2.24) is 19.7 Å². The van der Waals surface area contributed by atoms with E-state index in [1.165, 1.54) is 18.3 Å². The highest BCUT2D eigenvalue weighted by atomic mass is 35.5. The van der Waals surface area contributed by atoms with Gasteiger partial charge >= 0.3 is 6.18 Å². The third-order valence-corrected chi connectivity index (χ3v) is 6.25. The number of nitrogens with zero attached hydrogens (tertiary/aromatic N) is 4. The molecular formula is C22H23ClF3N5O. The second-order valence-corrected chi connectivity index (χ2v) is 8.61. The fourth-order valence-corrected chi connectivity index (χ4v) is 4.35. The molecule has 32 heavy (non-hydrogen) atoms. The lowest BCUT2D eigenvalue weighted by molar-refractivity contribution is -0.137. The van der Waals surface area contributed by atoms with Crippen LogP contribution in [0.1, 0.15) is 34.5 Å². The van der Waals surface area contributed by atoms with Crippen molar-refractivity contribution in [2.75, 3.05) is 25.5 Å². The van der Waals surface area contributed by atoms with Crippen LogP contribution in [0.25, 0.3) is 11.0 Å². The largest absolute Gasteiger partial charge is 0.416 e. The third-order valence-electron chi connectivity index (χ3n) is 5.86. The summed E-state index contributed by atoms with van der Waals surface area (Å²) in [7, 11) is 2.11. The van der Waals surface area contributed by atoms with Gasteiger partial charge in [0.15, 0.2) is 5.65 Å². The molecule has 10 heteroatoms. The molecule has 0 saturated carbocycles. The lowest BCUT2D eigenvalue weighted by Crippen LogP contribution is -2.32. The first-order valence-corrected chi connectivity index (χ1v) is 10.7. The number of aryl methyl sites for hydroxylation is 1. The van der Waals surface area contributed by atoms with E-state index < -0.39 is 17.6 Å². The molecular weight excluding hydrogens is 443 g/mol. The minimum atomic E-state index is -4.44. The Kier molecular flexibility index (Phi) is 6.13. The molecule has 0 spiro atoms. The Balaban J connectivity index is 1.55. The quantitative estimate of drug-likeness (QED) is 0.588. The molecule has 0 unspecified atom stereocenters. The number of rotatable bonds is 4. The molecule has 3 aromatic rings. The molecule has 0 atom stereocenters. The maximum atomic E-state index is 12.7. The topological polar surface area (TPSA) is 63.1 Å². The van der Waals surface area contributed by atoms with Gasteiger partial charge in [-0.15, -0.1) is 0 Å². The molecule has 0 aliphatic carbocycles. The predicted molar refractivity (Wildman–Crippen MR) is 117 cm³/mol. The number of amides is 1. The molecule has 0 bridgehead atoms. The number of benzene rings is 1. The summed E-state index contributed by atoms with van der Waals surface area (Å²) in [6.07, 6.45) is -0.890. The van der Waals surface area contributed by atoms with Crippen LogP contribution < -0.4 is 5.32 Å². The van der Waals surface area contributed by atoms with Crippen molar-refractivity contribution >= 4 is 34.2 Å². The fourth-order valence-electron chi connectivity index (χ4n) is 3.99. The minimum absolute atomic E-state index is 0.140. The van der Waals surface area contributed by atoms with Crippen molar-refractivity contribution in [3.63, 3.8) is 0 Å². The highest BCUT2D eigenvalue weighted by Gasteiger charge is 2.30. The summed E-state index contributed by atoms with van der Waals surface area (Å²) >= 11 is 6.56. The zero-order chi connectivity index (χ0) is 23.0. The van der Waals surface area contributed by atoms with Gasteiger partial charge in [-0.1, -0.05) is 11.6 Å². The molecule has 3 heterocycles. The number of fused-ring (bicyclic) bond motifs is 1. The van der Waals surface area contributed by atoms with Crippen molar-refractivity contribution in [2.45, 2.75) is 32.5 Å². The van der Waals surface area contributed by atoms with Crippen LogP contribution in [-0.4, -0.2) is 45.7 Å². The van der Waals surface area contributed by atoms with Crippen LogP contribution in [0.15, 0.2) is 30.5 Å². The van der Waals surface area contributed by atoms with Crippen LogP contribution >= 0.6 is 11.6 Å². The lowest BCUT2D eigenvalue weighted by atomic mass is 9.97. The molecule has 1 amide bonds. The molecule has 2 aromatic heterocycles. The summed E-state index contributed by atoms with van der Waals surface area (Å²) in [6, 6.07) is 4.22. The Morgan fingerprint density at radius 3 is 2.50 bits per heavy atom. The normalized spacial score (nSPS) is 15.9. The average Bonchev–Trinajstić information content (AvgIpc) is 3.05. The Morgan fingerprint density at radius 1 is 1.22 bits per heavy atom. The van der Waals surface area contributed by atoms with Gasteiger partial charge in [-0.2, -0.15) is 18.3 Å². The first-order valence-electron chi connectivity index (χ1n) is 10.3. The van der Waals surface area contributed by atoms with E-state index >= 15 is 0 Å². The van der Waals surface area contributed by atoms with Crippen LogP contribution in [0.4, 0.5) is 18.9 Å². The van der Waals surface area contributed by atoms with Crippen molar-refractivity contribution in [2.24, 2.45) is 5.92 Å². The fraction of sp³-hybridized carbons (Fsp3) is 0.409. The van der Waals surface area contributed by atoms with Gasteiger partial charge in [-0.3, -0.25) is 4.79 Å². The molecule has 1 aromatic carbocycles. The van der Waals surface area contributed by atoms with Crippen LogP contribution in [0.3, 0.4) is 0 Å². The number of piperidine rings is 1. The number of alkyl halides is 3. The third kappa shape index (κ3) is 4.59. The van der Waals surface area contributed by atoms with Gasteiger partial charge in [-0.05, 0) is 70.1 Å². The first kappa shape index (κ1) is 22.5.